The molecule has 1 aromatic rings. The van der Waals surface area contributed by atoms with Crippen molar-refractivity contribution >= 4 is 5.69 Å². The van der Waals surface area contributed by atoms with Crippen LogP contribution < -0.4 is 4.90 Å². The summed E-state index contributed by atoms with van der Waals surface area (Å²) in [5, 5.41) is 10.2. The van der Waals surface area contributed by atoms with E-state index in [1.165, 1.54) is 24.1 Å². The maximum absolute atomic E-state index is 10.2. The minimum Gasteiger partial charge on any atom is -0.393 e. The lowest BCUT2D eigenvalue weighted by molar-refractivity contribution is 0.0501. The van der Waals surface area contributed by atoms with Gasteiger partial charge in [-0.3, -0.25) is 0 Å². The Balaban J connectivity index is 1.62. The Labute approximate surface area is 140 Å². The number of rotatable bonds is 5. The summed E-state index contributed by atoms with van der Waals surface area (Å²) in [5.41, 5.74) is 2.72. The van der Waals surface area contributed by atoms with Crippen molar-refractivity contribution in [2.24, 2.45) is 5.92 Å². The standard InChI is InChI=1S/C19H30N2O2/c1-20(15-17-7-3-5-9-19(17)22)14-16-6-2-4-8-18(16)21-10-12-23-13-11-21/h2,4,6,8,17,19,22H,3,5,7,9-15H2,1H3. The number of hydrogen-bond acceptors (Lipinski definition) is 4. The summed E-state index contributed by atoms with van der Waals surface area (Å²) in [6, 6.07) is 8.71. The second-order valence-corrected chi connectivity index (χ2v) is 7.04. The zero-order chi connectivity index (χ0) is 16.1. The fourth-order valence-electron chi connectivity index (χ4n) is 3.91. The average molecular weight is 318 g/mol. The monoisotopic (exact) mass is 318 g/mol. The van der Waals surface area contributed by atoms with Crippen LogP contribution in [0.3, 0.4) is 0 Å². The van der Waals surface area contributed by atoms with Crippen molar-refractivity contribution in [1.29, 1.82) is 0 Å². The molecule has 0 bridgehead atoms. The van der Waals surface area contributed by atoms with Crippen molar-refractivity contribution in [1.82, 2.24) is 4.90 Å². The molecule has 1 aromatic carbocycles. The maximum atomic E-state index is 10.2. The highest BCUT2D eigenvalue weighted by atomic mass is 16.5. The molecule has 1 saturated heterocycles. The van der Waals surface area contributed by atoms with Crippen molar-refractivity contribution in [3.63, 3.8) is 0 Å². The number of morpholine rings is 1. The third-order valence-corrected chi connectivity index (χ3v) is 5.20. The molecule has 23 heavy (non-hydrogen) atoms. The Morgan fingerprint density at radius 2 is 1.91 bits per heavy atom. The van der Waals surface area contributed by atoms with Crippen LogP contribution in [-0.2, 0) is 11.3 Å². The molecule has 4 nitrogen and oxygen atoms in total. The van der Waals surface area contributed by atoms with Gasteiger partial charge in [0.05, 0.1) is 19.3 Å². The highest BCUT2D eigenvalue weighted by Crippen LogP contribution is 2.27. The molecule has 0 amide bonds. The number of anilines is 1. The van der Waals surface area contributed by atoms with Crippen LogP contribution in [0.5, 0.6) is 0 Å². The van der Waals surface area contributed by atoms with Crippen molar-refractivity contribution in [2.75, 3.05) is 44.8 Å². The lowest BCUT2D eigenvalue weighted by Gasteiger charge is -2.33. The van der Waals surface area contributed by atoms with Gasteiger partial charge >= 0.3 is 0 Å². The number of aliphatic hydroxyl groups excluding tert-OH is 1. The van der Waals surface area contributed by atoms with Gasteiger partial charge in [0.25, 0.3) is 0 Å². The number of hydrogen-bond donors (Lipinski definition) is 1. The Morgan fingerprint density at radius 3 is 2.70 bits per heavy atom. The van der Waals surface area contributed by atoms with Gasteiger partial charge in [-0.05, 0) is 37.4 Å². The fraction of sp³-hybridized carbons (Fsp3) is 0.684. The quantitative estimate of drug-likeness (QED) is 0.905. The second kappa shape index (κ2) is 8.13. The summed E-state index contributed by atoms with van der Waals surface area (Å²) in [4.78, 5) is 4.81. The van der Waals surface area contributed by atoms with E-state index in [-0.39, 0.29) is 6.10 Å². The summed E-state index contributed by atoms with van der Waals surface area (Å²) in [6.45, 7) is 5.51. The van der Waals surface area contributed by atoms with Crippen LogP contribution in [0.2, 0.25) is 0 Å². The minimum absolute atomic E-state index is 0.110. The summed E-state index contributed by atoms with van der Waals surface area (Å²) in [7, 11) is 2.18. The molecule has 1 aliphatic heterocycles. The van der Waals surface area contributed by atoms with Crippen LogP contribution in [0.15, 0.2) is 24.3 Å². The van der Waals surface area contributed by atoms with Gasteiger partial charge in [0.15, 0.2) is 0 Å². The summed E-state index contributed by atoms with van der Waals surface area (Å²) < 4.78 is 5.47. The molecule has 1 saturated carbocycles. The smallest absolute Gasteiger partial charge is 0.0642 e. The molecular formula is C19H30N2O2. The summed E-state index contributed by atoms with van der Waals surface area (Å²) >= 11 is 0. The number of nitrogens with zero attached hydrogens (tertiary/aromatic N) is 2. The predicted molar refractivity (Wildman–Crippen MR) is 93.8 cm³/mol. The van der Waals surface area contributed by atoms with Crippen LogP contribution in [0.4, 0.5) is 5.69 Å². The van der Waals surface area contributed by atoms with E-state index in [9.17, 15) is 5.11 Å². The lowest BCUT2D eigenvalue weighted by Crippen LogP contribution is -2.38. The number of para-hydroxylation sites is 1. The van der Waals surface area contributed by atoms with E-state index in [1.54, 1.807) is 0 Å². The molecule has 3 rings (SSSR count). The van der Waals surface area contributed by atoms with Gasteiger partial charge < -0.3 is 19.6 Å². The van der Waals surface area contributed by atoms with Crippen LogP contribution in [0.25, 0.3) is 0 Å². The molecule has 1 aliphatic carbocycles. The Morgan fingerprint density at radius 1 is 1.17 bits per heavy atom. The van der Waals surface area contributed by atoms with Crippen molar-refractivity contribution < 1.29 is 9.84 Å². The number of aliphatic hydroxyl groups is 1. The Bertz CT molecular complexity index is 488. The van der Waals surface area contributed by atoms with E-state index >= 15 is 0 Å². The van der Waals surface area contributed by atoms with E-state index in [4.69, 9.17) is 4.74 Å². The number of benzene rings is 1. The Kier molecular flexibility index (Phi) is 5.92. The average Bonchev–Trinajstić information content (AvgIpc) is 2.58. The van der Waals surface area contributed by atoms with E-state index in [0.29, 0.717) is 5.92 Å². The first-order chi connectivity index (χ1) is 11.2. The first-order valence-corrected chi connectivity index (χ1v) is 9.01. The third-order valence-electron chi connectivity index (χ3n) is 5.20. The molecule has 0 aromatic heterocycles. The van der Waals surface area contributed by atoms with Gasteiger partial charge in [-0.25, -0.2) is 0 Å². The van der Waals surface area contributed by atoms with Gasteiger partial charge in [-0.1, -0.05) is 31.0 Å². The topological polar surface area (TPSA) is 35.9 Å². The van der Waals surface area contributed by atoms with Crippen LogP contribution in [0, 0.1) is 5.92 Å². The zero-order valence-electron chi connectivity index (χ0n) is 14.3. The molecule has 1 heterocycles. The summed E-state index contributed by atoms with van der Waals surface area (Å²) in [6.07, 6.45) is 4.47. The van der Waals surface area contributed by atoms with Crippen molar-refractivity contribution in [2.45, 2.75) is 38.3 Å². The molecule has 2 atom stereocenters. The van der Waals surface area contributed by atoms with E-state index in [2.05, 4.69) is 41.1 Å². The Hall–Kier alpha value is -1.10. The normalized spacial score (nSPS) is 25.8. The van der Waals surface area contributed by atoms with Crippen LogP contribution >= 0.6 is 0 Å². The molecule has 0 radical (unpaired) electrons. The second-order valence-electron chi connectivity index (χ2n) is 7.04. The molecule has 2 unspecified atom stereocenters. The fourth-order valence-corrected chi connectivity index (χ4v) is 3.91. The molecule has 2 fully saturated rings. The first kappa shape index (κ1) is 16.7. The molecular weight excluding hydrogens is 288 g/mol. The van der Waals surface area contributed by atoms with E-state index in [1.807, 2.05) is 0 Å². The van der Waals surface area contributed by atoms with Gasteiger partial charge in [0.1, 0.15) is 0 Å². The van der Waals surface area contributed by atoms with Crippen molar-refractivity contribution in [3.8, 4) is 0 Å². The van der Waals surface area contributed by atoms with Gasteiger partial charge in [-0.2, -0.15) is 0 Å². The van der Waals surface area contributed by atoms with Crippen LogP contribution in [0.1, 0.15) is 31.2 Å². The molecule has 128 valence electrons. The van der Waals surface area contributed by atoms with E-state index < -0.39 is 0 Å². The van der Waals surface area contributed by atoms with E-state index in [0.717, 1.165) is 52.2 Å². The molecule has 4 heteroatoms. The maximum Gasteiger partial charge on any atom is 0.0642 e. The molecule has 2 aliphatic rings. The predicted octanol–water partition coefficient (Wildman–Crippen LogP) is 2.51. The van der Waals surface area contributed by atoms with Gasteiger partial charge in [0, 0.05) is 31.9 Å². The SMILES string of the molecule is CN(Cc1ccccc1N1CCOCC1)CC1CCCCC1O. The lowest BCUT2D eigenvalue weighted by atomic mass is 9.86. The largest absolute Gasteiger partial charge is 0.393 e. The van der Waals surface area contributed by atoms with Crippen LogP contribution in [-0.4, -0.2) is 56.0 Å². The van der Waals surface area contributed by atoms with Crippen molar-refractivity contribution in [3.05, 3.63) is 29.8 Å². The zero-order valence-corrected chi connectivity index (χ0v) is 14.3. The van der Waals surface area contributed by atoms with Gasteiger partial charge in [0.2, 0.25) is 0 Å². The molecule has 0 spiro atoms. The summed E-state index contributed by atoms with van der Waals surface area (Å²) in [5.74, 6) is 0.435. The first-order valence-electron chi connectivity index (χ1n) is 9.01. The third kappa shape index (κ3) is 4.46. The minimum atomic E-state index is -0.110. The number of ether oxygens (including phenoxy) is 1. The highest BCUT2D eigenvalue weighted by Gasteiger charge is 2.24. The van der Waals surface area contributed by atoms with Gasteiger partial charge in [-0.15, -0.1) is 0 Å². The highest BCUT2D eigenvalue weighted by molar-refractivity contribution is 5.53. The molecule has 1 N–H and O–H groups in total.